The summed E-state index contributed by atoms with van der Waals surface area (Å²) in [6, 6.07) is 10.3. The van der Waals surface area contributed by atoms with Crippen LogP contribution in [0.5, 0.6) is 0 Å². The van der Waals surface area contributed by atoms with E-state index in [0.29, 0.717) is 10.8 Å². The minimum atomic E-state index is -0.261. The number of hydrogen-bond donors (Lipinski definition) is 1. The Hall–Kier alpha value is -1.19. The standard InChI is InChI=1S/C14H13ClFNS/c1-9-6-12(3-5-14(9)17)18-8-10-7-11(16)2-4-13(10)15/h2-7H,8,17H2,1H3. The average Bonchev–Trinajstić information content (AvgIpc) is 2.34. The smallest absolute Gasteiger partial charge is 0.123 e. The Morgan fingerprint density at radius 2 is 2.00 bits per heavy atom. The second-order valence-electron chi connectivity index (χ2n) is 4.04. The van der Waals surface area contributed by atoms with Crippen LogP contribution in [-0.4, -0.2) is 0 Å². The molecule has 0 heterocycles. The van der Waals surface area contributed by atoms with Gasteiger partial charge in [0.25, 0.3) is 0 Å². The molecule has 0 amide bonds. The molecule has 0 aliphatic carbocycles. The Balaban J connectivity index is 2.11. The summed E-state index contributed by atoms with van der Waals surface area (Å²) in [6.07, 6.45) is 0. The summed E-state index contributed by atoms with van der Waals surface area (Å²) in [6.45, 7) is 1.97. The molecule has 0 spiro atoms. The predicted octanol–water partition coefficient (Wildman–Crippen LogP) is 4.66. The van der Waals surface area contributed by atoms with Gasteiger partial charge in [-0.3, -0.25) is 0 Å². The molecule has 2 rings (SSSR count). The third kappa shape index (κ3) is 3.18. The maximum absolute atomic E-state index is 13.1. The predicted molar refractivity (Wildman–Crippen MR) is 76.6 cm³/mol. The van der Waals surface area contributed by atoms with Crippen LogP contribution in [0, 0.1) is 12.7 Å². The third-order valence-electron chi connectivity index (χ3n) is 2.64. The van der Waals surface area contributed by atoms with E-state index < -0.39 is 0 Å². The molecule has 0 saturated carbocycles. The van der Waals surface area contributed by atoms with Gasteiger partial charge in [0.05, 0.1) is 0 Å². The molecule has 1 nitrogen and oxygen atoms in total. The molecular formula is C14H13ClFNS. The first kappa shape index (κ1) is 13.2. The average molecular weight is 282 g/mol. The molecular weight excluding hydrogens is 269 g/mol. The summed E-state index contributed by atoms with van der Waals surface area (Å²) >= 11 is 7.63. The second-order valence-corrected chi connectivity index (χ2v) is 5.50. The summed E-state index contributed by atoms with van der Waals surface area (Å²) in [4.78, 5) is 1.10. The lowest BCUT2D eigenvalue weighted by molar-refractivity contribution is 0.626. The molecule has 0 atom stereocenters. The zero-order valence-electron chi connectivity index (χ0n) is 9.91. The van der Waals surface area contributed by atoms with Crippen molar-refractivity contribution >= 4 is 29.1 Å². The number of rotatable bonds is 3. The van der Waals surface area contributed by atoms with Crippen molar-refractivity contribution in [3.8, 4) is 0 Å². The molecule has 0 aliphatic rings. The minimum absolute atomic E-state index is 0.261. The third-order valence-corrected chi connectivity index (χ3v) is 4.05. The Labute approximate surface area is 115 Å². The van der Waals surface area contributed by atoms with Crippen LogP contribution in [0.1, 0.15) is 11.1 Å². The molecule has 94 valence electrons. The lowest BCUT2D eigenvalue weighted by atomic mass is 10.2. The van der Waals surface area contributed by atoms with Gasteiger partial charge in [0.2, 0.25) is 0 Å². The van der Waals surface area contributed by atoms with Crippen LogP contribution in [0.25, 0.3) is 0 Å². The van der Waals surface area contributed by atoms with E-state index in [9.17, 15) is 4.39 Å². The van der Waals surface area contributed by atoms with E-state index in [2.05, 4.69) is 0 Å². The SMILES string of the molecule is Cc1cc(SCc2cc(F)ccc2Cl)ccc1N. The van der Waals surface area contributed by atoms with Gasteiger partial charge in [0.1, 0.15) is 5.82 Å². The molecule has 0 radical (unpaired) electrons. The topological polar surface area (TPSA) is 26.0 Å². The van der Waals surface area contributed by atoms with Crippen molar-refractivity contribution < 1.29 is 4.39 Å². The summed E-state index contributed by atoms with van der Waals surface area (Å²) in [7, 11) is 0. The van der Waals surface area contributed by atoms with Crippen LogP contribution in [0.15, 0.2) is 41.3 Å². The summed E-state index contributed by atoms with van der Waals surface area (Å²) in [5, 5.41) is 0.594. The maximum atomic E-state index is 13.1. The van der Waals surface area contributed by atoms with Crippen LogP contribution >= 0.6 is 23.4 Å². The van der Waals surface area contributed by atoms with Gasteiger partial charge < -0.3 is 5.73 Å². The first-order chi connectivity index (χ1) is 8.56. The summed E-state index contributed by atoms with van der Waals surface area (Å²) < 4.78 is 13.1. The van der Waals surface area contributed by atoms with Gasteiger partial charge in [0.15, 0.2) is 0 Å². The normalized spacial score (nSPS) is 10.6. The number of nitrogens with two attached hydrogens (primary N) is 1. The van der Waals surface area contributed by atoms with Crippen molar-refractivity contribution in [1.29, 1.82) is 0 Å². The number of anilines is 1. The molecule has 2 N–H and O–H groups in total. The Kier molecular flexibility index (Phi) is 4.15. The van der Waals surface area contributed by atoms with Crippen molar-refractivity contribution in [2.24, 2.45) is 0 Å². The number of halogens is 2. The molecule has 4 heteroatoms. The lowest BCUT2D eigenvalue weighted by Gasteiger charge is -2.06. The fourth-order valence-electron chi connectivity index (χ4n) is 1.55. The van der Waals surface area contributed by atoms with Crippen molar-refractivity contribution in [2.45, 2.75) is 17.6 Å². The van der Waals surface area contributed by atoms with Crippen molar-refractivity contribution in [1.82, 2.24) is 0 Å². The highest BCUT2D eigenvalue weighted by atomic mass is 35.5. The van der Waals surface area contributed by atoms with E-state index in [0.717, 1.165) is 21.7 Å². The molecule has 0 bridgehead atoms. The van der Waals surface area contributed by atoms with Crippen molar-refractivity contribution in [3.05, 3.63) is 58.4 Å². The zero-order chi connectivity index (χ0) is 13.1. The number of nitrogen functional groups attached to an aromatic ring is 1. The zero-order valence-corrected chi connectivity index (χ0v) is 11.5. The second kappa shape index (κ2) is 5.63. The summed E-state index contributed by atoms with van der Waals surface area (Å²) in [5.41, 5.74) is 8.39. The van der Waals surface area contributed by atoms with Crippen molar-refractivity contribution in [3.63, 3.8) is 0 Å². The highest BCUT2D eigenvalue weighted by molar-refractivity contribution is 7.98. The van der Waals surface area contributed by atoms with Gasteiger partial charge in [-0.1, -0.05) is 11.6 Å². The molecule has 0 saturated heterocycles. The van der Waals surface area contributed by atoms with Crippen LogP contribution in [0.2, 0.25) is 5.02 Å². The molecule has 0 unspecified atom stereocenters. The number of thioether (sulfide) groups is 1. The van der Waals surface area contributed by atoms with Gasteiger partial charge in [0, 0.05) is 21.4 Å². The molecule has 2 aromatic rings. The van der Waals surface area contributed by atoms with Gasteiger partial charge in [-0.25, -0.2) is 4.39 Å². The first-order valence-electron chi connectivity index (χ1n) is 5.49. The maximum Gasteiger partial charge on any atom is 0.123 e. The number of hydrogen-bond acceptors (Lipinski definition) is 2. The first-order valence-corrected chi connectivity index (χ1v) is 6.85. The monoisotopic (exact) mass is 281 g/mol. The summed E-state index contributed by atoms with van der Waals surface area (Å²) in [5.74, 6) is 0.378. The van der Waals surface area contributed by atoms with E-state index in [1.54, 1.807) is 17.8 Å². The van der Waals surface area contributed by atoms with Gasteiger partial charge in [-0.2, -0.15) is 0 Å². The van der Waals surface area contributed by atoms with Crippen LogP contribution in [0.4, 0.5) is 10.1 Å². The Bertz CT molecular complexity index is 572. The fraction of sp³-hybridized carbons (Fsp3) is 0.143. The van der Waals surface area contributed by atoms with E-state index in [1.807, 2.05) is 25.1 Å². The van der Waals surface area contributed by atoms with Crippen LogP contribution in [-0.2, 0) is 5.75 Å². The van der Waals surface area contributed by atoms with E-state index in [4.69, 9.17) is 17.3 Å². The highest BCUT2D eigenvalue weighted by Gasteiger charge is 2.04. The lowest BCUT2D eigenvalue weighted by Crippen LogP contribution is -1.89. The molecule has 0 aromatic heterocycles. The Morgan fingerprint density at radius 1 is 1.22 bits per heavy atom. The van der Waals surface area contributed by atoms with E-state index in [1.165, 1.54) is 12.1 Å². The van der Waals surface area contributed by atoms with Crippen molar-refractivity contribution in [2.75, 3.05) is 5.73 Å². The molecule has 0 fully saturated rings. The number of aryl methyl sites for hydroxylation is 1. The van der Waals surface area contributed by atoms with E-state index in [-0.39, 0.29) is 5.82 Å². The van der Waals surface area contributed by atoms with Gasteiger partial charge in [-0.05, 0) is 54.4 Å². The van der Waals surface area contributed by atoms with Crippen LogP contribution in [0.3, 0.4) is 0 Å². The largest absolute Gasteiger partial charge is 0.399 e. The number of benzene rings is 2. The van der Waals surface area contributed by atoms with Gasteiger partial charge in [-0.15, -0.1) is 11.8 Å². The van der Waals surface area contributed by atoms with Gasteiger partial charge >= 0.3 is 0 Å². The molecule has 2 aromatic carbocycles. The highest BCUT2D eigenvalue weighted by Crippen LogP contribution is 2.28. The quantitative estimate of drug-likeness (QED) is 0.654. The molecule has 18 heavy (non-hydrogen) atoms. The fourth-order valence-corrected chi connectivity index (χ4v) is 2.80. The minimum Gasteiger partial charge on any atom is -0.399 e. The molecule has 0 aliphatic heterocycles. The van der Waals surface area contributed by atoms with Crippen LogP contribution < -0.4 is 5.73 Å². The van der Waals surface area contributed by atoms with E-state index >= 15 is 0 Å². The Morgan fingerprint density at radius 3 is 2.72 bits per heavy atom.